The second kappa shape index (κ2) is 7.91. The number of carbonyl (C=O) groups is 2. The van der Waals surface area contributed by atoms with Gasteiger partial charge in [0.1, 0.15) is 5.82 Å². The molecule has 0 aliphatic carbocycles. The zero-order valence-electron chi connectivity index (χ0n) is 14.8. The quantitative estimate of drug-likeness (QED) is 0.672. The molecule has 0 radical (unpaired) electrons. The van der Waals surface area contributed by atoms with Gasteiger partial charge >= 0.3 is 0 Å². The van der Waals surface area contributed by atoms with Crippen LogP contribution in [0.5, 0.6) is 0 Å². The standard InChI is InChI=1S/C17H23FN4O4S/c18-13-2-1-3-15(8-13)27(25,26)20-9-16(23)22-10-14(11-22)21-6-4-12(5-7-21)17(19)24/h1-3,8,12,14,20H,4-7,9-11H2,(H2,19,24). The summed E-state index contributed by atoms with van der Waals surface area (Å²) in [7, 11) is -3.94. The molecule has 2 saturated heterocycles. The number of nitrogens with two attached hydrogens (primary N) is 1. The van der Waals surface area contributed by atoms with Crippen LogP contribution in [0.2, 0.25) is 0 Å². The Hall–Kier alpha value is -2.04. The van der Waals surface area contributed by atoms with Crippen LogP contribution in [0.1, 0.15) is 12.8 Å². The van der Waals surface area contributed by atoms with Crippen LogP contribution in [-0.2, 0) is 19.6 Å². The number of carbonyl (C=O) groups excluding carboxylic acids is 2. The molecule has 2 heterocycles. The number of nitrogens with zero attached hydrogens (tertiary/aromatic N) is 2. The number of hydrogen-bond donors (Lipinski definition) is 2. The van der Waals surface area contributed by atoms with Gasteiger partial charge in [-0.15, -0.1) is 0 Å². The van der Waals surface area contributed by atoms with Crippen LogP contribution in [0.25, 0.3) is 0 Å². The molecule has 2 aliphatic rings. The molecule has 10 heteroatoms. The molecule has 27 heavy (non-hydrogen) atoms. The number of piperidine rings is 1. The Morgan fingerprint density at radius 1 is 1.22 bits per heavy atom. The molecule has 0 atom stereocenters. The minimum Gasteiger partial charge on any atom is -0.369 e. The zero-order valence-corrected chi connectivity index (χ0v) is 15.6. The first kappa shape index (κ1) is 19.7. The highest BCUT2D eigenvalue weighted by Crippen LogP contribution is 2.23. The second-order valence-electron chi connectivity index (χ2n) is 6.95. The molecule has 148 valence electrons. The third-order valence-corrected chi connectivity index (χ3v) is 6.58. The van der Waals surface area contributed by atoms with E-state index in [1.807, 2.05) is 0 Å². The van der Waals surface area contributed by atoms with Crippen molar-refractivity contribution >= 4 is 21.8 Å². The first-order valence-corrected chi connectivity index (χ1v) is 10.3. The van der Waals surface area contributed by atoms with Gasteiger partial charge in [0.15, 0.2) is 0 Å². The number of likely N-dealkylation sites (tertiary alicyclic amines) is 2. The van der Waals surface area contributed by atoms with E-state index in [1.54, 1.807) is 4.90 Å². The van der Waals surface area contributed by atoms with E-state index in [4.69, 9.17) is 5.73 Å². The third-order valence-electron chi connectivity index (χ3n) is 5.18. The normalized spacial score (nSPS) is 19.7. The Balaban J connectivity index is 1.44. The molecular formula is C17H23FN4O4S. The highest BCUT2D eigenvalue weighted by Gasteiger charge is 2.37. The van der Waals surface area contributed by atoms with Crippen molar-refractivity contribution in [3.63, 3.8) is 0 Å². The monoisotopic (exact) mass is 398 g/mol. The maximum atomic E-state index is 13.2. The van der Waals surface area contributed by atoms with Crippen molar-refractivity contribution in [1.29, 1.82) is 0 Å². The van der Waals surface area contributed by atoms with Crippen LogP contribution in [0, 0.1) is 11.7 Å². The van der Waals surface area contributed by atoms with Gasteiger partial charge < -0.3 is 10.6 Å². The van der Waals surface area contributed by atoms with Crippen LogP contribution in [0.3, 0.4) is 0 Å². The van der Waals surface area contributed by atoms with Gasteiger partial charge in [-0.1, -0.05) is 6.07 Å². The number of hydrogen-bond acceptors (Lipinski definition) is 5. The van der Waals surface area contributed by atoms with Crippen molar-refractivity contribution in [3.8, 4) is 0 Å². The number of sulfonamides is 1. The Morgan fingerprint density at radius 3 is 2.48 bits per heavy atom. The number of rotatable bonds is 6. The van der Waals surface area contributed by atoms with E-state index in [1.165, 1.54) is 12.1 Å². The predicted molar refractivity (Wildman–Crippen MR) is 95.4 cm³/mol. The van der Waals surface area contributed by atoms with Gasteiger partial charge in [-0.25, -0.2) is 17.5 Å². The molecule has 2 fully saturated rings. The van der Waals surface area contributed by atoms with Gasteiger partial charge in [-0.3, -0.25) is 14.5 Å². The summed E-state index contributed by atoms with van der Waals surface area (Å²) in [4.78, 5) is 27.0. The third kappa shape index (κ3) is 4.63. The number of nitrogens with one attached hydrogen (secondary N) is 1. The highest BCUT2D eigenvalue weighted by molar-refractivity contribution is 7.89. The van der Waals surface area contributed by atoms with Crippen molar-refractivity contribution in [2.75, 3.05) is 32.7 Å². The van der Waals surface area contributed by atoms with Gasteiger partial charge in [0.05, 0.1) is 11.4 Å². The van der Waals surface area contributed by atoms with Crippen LogP contribution in [-0.4, -0.2) is 68.8 Å². The van der Waals surface area contributed by atoms with Crippen LogP contribution < -0.4 is 10.5 Å². The predicted octanol–water partition coefficient (Wildman–Crippen LogP) is -0.488. The molecule has 0 bridgehead atoms. The van der Waals surface area contributed by atoms with Gasteiger partial charge in [-0.2, -0.15) is 0 Å². The lowest BCUT2D eigenvalue weighted by Crippen LogP contribution is -2.63. The van der Waals surface area contributed by atoms with Crippen LogP contribution in [0.4, 0.5) is 4.39 Å². The maximum Gasteiger partial charge on any atom is 0.241 e. The van der Waals surface area contributed by atoms with E-state index < -0.39 is 15.8 Å². The summed E-state index contributed by atoms with van der Waals surface area (Å²) in [5, 5.41) is 0. The SMILES string of the molecule is NC(=O)C1CCN(C2CN(C(=O)CNS(=O)(=O)c3cccc(F)c3)C2)CC1. The summed E-state index contributed by atoms with van der Waals surface area (Å²) in [6.07, 6.45) is 1.46. The van der Waals surface area contributed by atoms with Gasteiger partial charge in [0.2, 0.25) is 21.8 Å². The topological polar surface area (TPSA) is 113 Å². The minimum atomic E-state index is -3.94. The largest absolute Gasteiger partial charge is 0.369 e. The summed E-state index contributed by atoms with van der Waals surface area (Å²) in [5.41, 5.74) is 5.33. The average Bonchev–Trinajstić information content (AvgIpc) is 2.59. The number of halogens is 1. The molecule has 3 N–H and O–H groups in total. The molecule has 2 aliphatic heterocycles. The molecule has 0 saturated carbocycles. The maximum absolute atomic E-state index is 13.2. The van der Waals surface area contributed by atoms with E-state index >= 15 is 0 Å². The fourth-order valence-electron chi connectivity index (χ4n) is 3.43. The summed E-state index contributed by atoms with van der Waals surface area (Å²) in [5.74, 6) is -1.31. The van der Waals surface area contributed by atoms with Crippen LogP contribution in [0.15, 0.2) is 29.2 Å². The molecule has 8 nitrogen and oxygen atoms in total. The molecular weight excluding hydrogens is 375 g/mol. The van der Waals surface area contributed by atoms with Gasteiger partial charge in [0, 0.05) is 25.0 Å². The Labute approximate surface area is 157 Å². The summed E-state index contributed by atoms with van der Waals surface area (Å²) >= 11 is 0. The molecule has 0 unspecified atom stereocenters. The lowest BCUT2D eigenvalue weighted by molar-refractivity contribution is -0.138. The summed E-state index contributed by atoms with van der Waals surface area (Å²) in [6.45, 7) is 2.23. The Bertz CT molecular complexity index is 818. The van der Waals surface area contributed by atoms with Gasteiger partial charge in [-0.05, 0) is 44.1 Å². The van der Waals surface area contributed by atoms with Crippen molar-refractivity contribution in [1.82, 2.24) is 14.5 Å². The zero-order chi connectivity index (χ0) is 19.6. The fourth-order valence-corrected chi connectivity index (χ4v) is 4.43. The summed E-state index contributed by atoms with van der Waals surface area (Å²) < 4.78 is 39.6. The first-order chi connectivity index (χ1) is 12.8. The van der Waals surface area contributed by atoms with E-state index in [0.29, 0.717) is 13.1 Å². The van der Waals surface area contributed by atoms with E-state index in [0.717, 1.165) is 38.1 Å². The van der Waals surface area contributed by atoms with E-state index in [9.17, 15) is 22.4 Å². The lowest BCUT2D eigenvalue weighted by Gasteiger charge is -2.47. The van der Waals surface area contributed by atoms with E-state index in [-0.39, 0.29) is 35.2 Å². The lowest BCUT2D eigenvalue weighted by atomic mass is 9.94. The fraction of sp³-hybridized carbons (Fsp3) is 0.529. The first-order valence-electron chi connectivity index (χ1n) is 8.82. The molecule has 2 amide bonds. The molecule has 0 aromatic heterocycles. The number of primary amides is 1. The van der Waals surface area contributed by atoms with Crippen LogP contribution >= 0.6 is 0 Å². The summed E-state index contributed by atoms with van der Waals surface area (Å²) in [6, 6.07) is 4.85. The Kier molecular flexibility index (Phi) is 5.78. The minimum absolute atomic E-state index is 0.0729. The van der Waals surface area contributed by atoms with Crippen molar-refractivity contribution in [2.45, 2.75) is 23.8 Å². The van der Waals surface area contributed by atoms with Crippen molar-refractivity contribution < 1.29 is 22.4 Å². The number of amides is 2. The van der Waals surface area contributed by atoms with E-state index in [2.05, 4.69) is 9.62 Å². The van der Waals surface area contributed by atoms with Crippen molar-refractivity contribution in [3.05, 3.63) is 30.1 Å². The number of benzene rings is 1. The second-order valence-corrected chi connectivity index (χ2v) is 8.71. The van der Waals surface area contributed by atoms with Crippen molar-refractivity contribution in [2.24, 2.45) is 11.7 Å². The molecule has 1 aromatic carbocycles. The average molecular weight is 398 g/mol. The van der Waals surface area contributed by atoms with Gasteiger partial charge in [0.25, 0.3) is 0 Å². The molecule has 3 rings (SSSR count). The highest BCUT2D eigenvalue weighted by atomic mass is 32.2. The molecule has 1 aromatic rings. The smallest absolute Gasteiger partial charge is 0.241 e. The molecule has 0 spiro atoms. The Morgan fingerprint density at radius 2 is 1.89 bits per heavy atom.